The topological polar surface area (TPSA) is 441 Å². The molecule has 2 fully saturated rings. The molecule has 0 saturated carbocycles. The van der Waals surface area contributed by atoms with Crippen LogP contribution in [0.3, 0.4) is 0 Å². The molecule has 0 aliphatic carbocycles. The average molecular weight is 1860 g/mol. The van der Waals surface area contributed by atoms with Gasteiger partial charge in [0.05, 0.1) is 48.8 Å². The minimum absolute atomic E-state index is 0.0483. The summed E-state index contributed by atoms with van der Waals surface area (Å²) >= 11 is 0. The summed E-state index contributed by atoms with van der Waals surface area (Å²) in [6.45, 7) is 16.9. The third kappa shape index (κ3) is 37.1. The molecule has 0 bridgehead atoms. The van der Waals surface area contributed by atoms with Crippen molar-refractivity contribution in [3.05, 3.63) is 192 Å². The molecule has 8 aromatic carbocycles. The molecule has 16 N–H and O–H groups in total. The summed E-state index contributed by atoms with van der Waals surface area (Å²) in [5.74, 6) is 0.233. The van der Waals surface area contributed by atoms with Gasteiger partial charge in [-0.2, -0.15) is 26.3 Å². The van der Waals surface area contributed by atoms with E-state index in [9.17, 15) is 74.4 Å². The summed E-state index contributed by atoms with van der Waals surface area (Å²) < 4.78 is 202. The maximum atomic E-state index is 12.9. The van der Waals surface area contributed by atoms with E-state index in [1.165, 1.54) is 43.5 Å². The summed E-state index contributed by atoms with van der Waals surface area (Å²) in [5, 5.41) is 45.0. The van der Waals surface area contributed by atoms with E-state index in [0.29, 0.717) is 105 Å². The lowest BCUT2D eigenvalue weighted by Gasteiger charge is -2.26. The smallest absolute Gasteiger partial charge is 0.390 e. The number of nitrogens with one attached hydrogen (secondary N) is 8. The van der Waals surface area contributed by atoms with Crippen molar-refractivity contribution in [2.75, 3.05) is 126 Å². The minimum Gasteiger partial charge on any atom is -0.454 e. The monoisotopic (exact) mass is 1850 g/mol. The number of nitrogens with zero attached hydrogens (tertiary/aromatic N) is 2. The van der Waals surface area contributed by atoms with Crippen LogP contribution in [-0.2, 0) is 51.4 Å². The number of piperidine rings is 1. The normalized spacial score (nSPS) is 13.3. The molecule has 0 atom stereocenters. The number of carbonyl (C=O) groups excluding carboxylic acids is 3. The number of carbonyl (C=O) groups is 3. The number of alkyl halides is 6. The molecule has 0 radical (unpaired) electrons. The predicted octanol–water partition coefficient (Wildman–Crippen LogP) is 14.4. The third-order valence-electron chi connectivity index (χ3n) is 19.1. The number of anilines is 4. The molecule has 0 spiro atoms. The molecular weight excluding hydrogens is 1740 g/mol. The second-order valence-corrected chi connectivity index (χ2v) is 35.6. The zero-order valence-electron chi connectivity index (χ0n) is 71.5. The fourth-order valence-electron chi connectivity index (χ4n) is 12.5. The standard InChI is InChI=1S/C24H34N4O4S.C23H32N4O5S.C20H24F3N3O4S.C20H26F3N3O3S/c1-2-3-12-26-21-17-19(24(29)27-13-16-28-14-8-5-9-15-28)18-22(33(25,30)31)23(21)32-20-10-6-4-7-11-20;1-2-3-9-25-20-16-18(23(28)26-10-11-27-12-14-31-15-13-27)17-21(33(24,29)30)22(20)32-19-7-5-4-6-8-19;1-2-3-10-25-16-12-14(19(27)26-11-9-20(21,22)23)13-17(31(24,28)29)18(16)30-15-7-5-4-6-8-15;1-2-3-10-26-17-12-15(14-25-11-9-20(21,22)23)13-18(30(24,27)28)19(17)29-16-7-5-4-6-8-16/h4,6-7,10-11,17-18,26H,2-3,5,8-9,12-16H2,1H3,(H,27,29)(H2,25,30,31);4-8,16-17,25H,2-3,9-15H2,1H3,(H,26,28)(H2,24,29,30);4-8,12-13,25H,2-3,9-11H2,1H3,(H,26,27)(H2,24,28,29);4-8,12-13,25-26H,2-3,9-11,14H2,1H3,(H2,24,27,28). The number of sulfonamides is 4. The summed E-state index contributed by atoms with van der Waals surface area (Å²) in [6, 6.07) is 45.8. The number of para-hydroxylation sites is 4. The number of benzene rings is 8. The molecule has 10 rings (SSSR count). The number of amides is 3. The number of hydrogen-bond donors (Lipinski definition) is 12. The zero-order chi connectivity index (χ0) is 92.6. The van der Waals surface area contributed by atoms with Crippen LogP contribution >= 0.6 is 0 Å². The van der Waals surface area contributed by atoms with Gasteiger partial charge in [0.1, 0.15) is 42.6 Å². The van der Waals surface area contributed by atoms with Gasteiger partial charge < -0.3 is 71.1 Å². The van der Waals surface area contributed by atoms with Crippen LogP contribution in [-0.4, -0.2) is 178 Å². The first kappa shape index (κ1) is 104. The van der Waals surface area contributed by atoms with E-state index in [1.807, 2.05) is 26.0 Å². The lowest BCUT2D eigenvalue weighted by Crippen LogP contribution is -2.41. The van der Waals surface area contributed by atoms with Gasteiger partial charge in [-0.3, -0.25) is 19.3 Å². The number of hydrogen-bond acceptors (Lipinski definition) is 23. The summed E-state index contributed by atoms with van der Waals surface area (Å²) in [4.78, 5) is 41.5. The molecule has 2 aliphatic rings. The number of halogens is 6. The Kier molecular flexibility index (Phi) is 42.1. The molecule has 40 heteroatoms. The van der Waals surface area contributed by atoms with E-state index in [-0.39, 0.29) is 85.0 Å². The molecule has 127 heavy (non-hydrogen) atoms. The van der Waals surface area contributed by atoms with E-state index in [0.717, 1.165) is 90.2 Å². The quantitative estimate of drug-likeness (QED) is 0.0125. The van der Waals surface area contributed by atoms with Crippen LogP contribution in [0.15, 0.2) is 189 Å². The number of morpholine rings is 1. The van der Waals surface area contributed by atoms with Crippen molar-refractivity contribution in [1.82, 2.24) is 31.1 Å². The van der Waals surface area contributed by atoms with Crippen molar-refractivity contribution in [2.45, 2.75) is 150 Å². The highest BCUT2D eigenvalue weighted by atomic mass is 32.2. The van der Waals surface area contributed by atoms with Gasteiger partial charge in [-0.1, -0.05) is 133 Å². The average Bonchev–Trinajstić information content (AvgIpc) is 0.800. The van der Waals surface area contributed by atoms with Crippen LogP contribution in [0.2, 0.25) is 0 Å². The summed E-state index contributed by atoms with van der Waals surface area (Å²) in [6.07, 6.45) is -0.264. The molecular formula is C87H116F6N14O16S4. The van der Waals surface area contributed by atoms with Crippen molar-refractivity contribution < 1.29 is 98.1 Å². The summed E-state index contributed by atoms with van der Waals surface area (Å²) in [7, 11) is -16.8. The molecule has 2 aliphatic heterocycles. The van der Waals surface area contributed by atoms with Gasteiger partial charge in [-0.05, 0) is 154 Å². The maximum Gasteiger partial charge on any atom is 0.390 e. The molecule has 2 heterocycles. The van der Waals surface area contributed by atoms with Gasteiger partial charge in [0.15, 0.2) is 23.0 Å². The van der Waals surface area contributed by atoms with Crippen LogP contribution in [0.5, 0.6) is 46.0 Å². The third-order valence-corrected chi connectivity index (χ3v) is 22.8. The number of ether oxygens (including phenoxy) is 5. The number of unbranched alkanes of at least 4 members (excludes halogenated alkanes) is 4. The van der Waals surface area contributed by atoms with Crippen molar-refractivity contribution in [3.8, 4) is 46.0 Å². The predicted molar refractivity (Wildman–Crippen MR) is 479 cm³/mol. The SMILES string of the molecule is CCCCNc1cc(C(=O)NCCC(F)(F)F)cc(S(N)(=O)=O)c1Oc1ccccc1.CCCCNc1cc(C(=O)NCCN2CCCCC2)cc(S(N)(=O)=O)c1Oc1ccccc1.CCCCNc1cc(C(=O)NCCN2CCOCC2)cc(S(N)(=O)=O)c1Oc1ccccc1.CCCCNc1cc(CNCCC(F)(F)F)cc(S(N)(=O)=O)c1Oc1ccccc1. The fraction of sp³-hybridized carbons (Fsp3) is 0.414. The Morgan fingerprint density at radius 2 is 0.654 bits per heavy atom. The number of nitrogens with two attached hydrogens (primary N) is 4. The first-order chi connectivity index (χ1) is 60.4. The second kappa shape index (κ2) is 51.6. The van der Waals surface area contributed by atoms with Gasteiger partial charge in [-0.25, -0.2) is 54.2 Å². The second-order valence-electron chi connectivity index (χ2n) is 29.5. The lowest BCUT2D eigenvalue weighted by atomic mass is 10.1. The van der Waals surface area contributed by atoms with Gasteiger partial charge in [0.25, 0.3) is 17.7 Å². The van der Waals surface area contributed by atoms with Crippen molar-refractivity contribution in [2.24, 2.45) is 20.6 Å². The van der Waals surface area contributed by atoms with Gasteiger partial charge >= 0.3 is 12.4 Å². The van der Waals surface area contributed by atoms with Crippen LogP contribution in [0.1, 0.15) is 148 Å². The molecule has 0 unspecified atom stereocenters. The molecule has 8 aromatic rings. The highest BCUT2D eigenvalue weighted by molar-refractivity contribution is 7.90. The lowest BCUT2D eigenvalue weighted by molar-refractivity contribution is -0.134. The van der Waals surface area contributed by atoms with E-state index < -0.39 is 82.6 Å². The molecule has 2 saturated heterocycles. The maximum absolute atomic E-state index is 12.9. The van der Waals surface area contributed by atoms with E-state index >= 15 is 0 Å². The Bertz CT molecular complexity index is 5100. The fourth-order valence-corrected chi connectivity index (χ4v) is 15.4. The Balaban J connectivity index is 0.000000232. The largest absolute Gasteiger partial charge is 0.454 e. The highest BCUT2D eigenvalue weighted by Crippen LogP contribution is 2.42. The first-order valence-corrected chi connectivity index (χ1v) is 48.0. The Labute approximate surface area is 739 Å². The Hall–Kier alpha value is -10.4. The van der Waals surface area contributed by atoms with Crippen LogP contribution in [0.25, 0.3) is 0 Å². The Morgan fingerprint density at radius 1 is 0.370 bits per heavy atom. The zero-order valence-corrected chi connectivity index (χ0v) is 74.8. The van der Waals surface area contributed by atoms with Crippen LogP contribution < -0.4 is 82.0 Å². The van der Waals surface area contributed by atoms with E-state index in [4.69, 9.17) is 44.2 Å². The van der Waals surface area contributed by atoms with Crippen LogP contribution in [0, 0.1) is 0 Å². The molecule has 30 nitrogen and oxygen atoms in total. The van der Waals surface area contributed by atoms with Crippen molar-refractivity contribution in [1.29, 1.82) is 0 Å². The van der Waals surface area contributed by atoms with E-state index in [2.05, 4.69) is 66.2 Å². The van der Waals surface area contributed by atoms with Gasteiger partial charge in [0.2, 0.25) is 40.1 Å². The minimum atomic E-state index is -4.43. The number of likely N-dealkylation sites (tertiary alicyclic amines) is 1. The van der Waals surface area contributed by atoms with Gasteiger partial charge in [-0.15, -0.1) is 0 Å². The van der Waals surface area contributed by atoms with Crippen molar-refractivity contribution >= 4 is 80.6 Å². The number of rotatable bonds is 43. The van der Waals surface area contributed by atoms with Gasteiger partial charge in [0, 0.05) is 102 Å². The number of primary sulfonamides is 4. The first-order valence-electron chi connectivity index (χ1n) is 41.8. The van der Waals surface area contributed by atoms with E-state index in [1.54, 1.807) is 127 Å². The molecule has 0 aromatic heterocycles. The van der Waals surface area contributed by atoms with Crippen LogP contribution in [0.4, 0.5) is 49.1 Å². The summed E-state index contributed by atoms with van der Waals surface area (Å²) in [5.41, 5.74) is 2.14. The highest BCUT2D eigenvalue weighted by Gasteiger charge is 2.32. The molecule has 696 valence electrons. The Morgan fingerprint density at radius 3 is 0.953 bits per heavy atom. The van der Waals surface area contributed by atoms with Crippen molar-refractivity contribution in [3.63, 3.8) is 0 Å². The molecule has 3 amide bonds.